The van der Waals surface area contributed by atoms with Crippen molar-refractivity contribution in [2.75, 3.05) is 10.2 Å². The molecule has 0 spiro atoms. The zero-order valence-corrected chi connectivity index (χ0v) is 12.7. The lowest BCUT2D eigenvalue weighted by molar-refractivity contribution is -0.117. The number of anilines is 2. The van der Waals surface area contributed by atoms with Crippen molar-refractivity contribution in [3.05, 3.63) is 69.9 Å². The summed E-state index contributed by atoms with van der Waals surface area (Å²) >= 11 is 12.5. The summed E-state index contributed by atoms with van der Waals surface area (Å²) in [5, 5.41) is 14.0. The summed E-state index contributed by atoms with van der Waals surface area (Å²) in [6, 6.07) is 12.6. The predicted octanol–water partition coefficient (Wildman–Crippen LogP) is 4.06. The molecule has 2 heterocycles. The maximum absolute atomic E-state index is 12.4. The van der Waals surface area contributed by atoms with Gasteiger partial charge in [-0.3, -0.25) is 9.69 Å². The Labute approximate surface area is 136 Å². The second-order valence-electron chi connectivity index (χ2n) is 5.18. The summed E-state index contributed by atoms with van der Waals surface area (Å²) in [5.74, 6) is -0.800. The first-order valence-electron chi connectivity index (χ1n) is 6.63. The third-order valence-corrected chi connectivity index (χ3v) is 4.77. The first kappa shape index (κ1) is 13.5. The molecule has 2 aromatic carbocycles. The Balaban J connectivity index is 2.00. The molecular weight excluding hydrogens is 323 g/mol. The van der Waals surface area contributed by atoms with Gasteiger partial charge in [0, 0.05) is 11.6 Å². The first-order valence-corrected chi connectivity index (χ1v) is 7.38. The van der Waals surface area contributed by atoms with Crippen LogP contribution in [0.2, 0.25) is 10.0 Å². The molecule has 2 aliphatic rings. The highest BCUT2D eigenvalue weighted by atomic mass is 35.5. The van der Waals surface area contributed by atoms with Crippen LogP contribution in [0.25, 0.3) is 0 Å². The fourth-order valence-corrected chi connectivity index (χ4v) is 3.48. The summed E-state index contributed by atoms with van der Waals surface area (Å²) in [6.07, 6.45) is 1.47. The number of carbonyl (C=O) groups excluding carboxylic acids is 1. The summed E-state index contributed by atoms with van der Waals surface area (Å²) in [6.45, 7) is 0. The van der Waals surface area contributed by atoms with E-state index in [-0.39, 0.29) is 5.76 Å². The van der Waals surface area contributed by atoms with E-state index < -0.39 is 11.6 Å². The number of hydrogen-bond donors (Lipinski definition) is 2. The summed E-state index contributed by atoms with van der Waals surface area (Å²) in [4.78, 5) is 13.9. The van der Waals surface area contributed by atoms with Crippen molar-refractivity contribution in [3.63, 3.8) is 0 Å². The molecule has 0 aliphatic carbocycles. The second-order valence-corrected chi connectivity index (χ2v) is 5.97. The molecule has 1 amide bonds. The van der Waals surface area contributed by atoms with Crippen LogP contribution in [0.15, 0.2) is 54.3 Å². The van der Waals surface area contributed by atoms with Gasteiger partial charge in [0.1, 0.15) is 0 Å². The molecule has 2 N–H and O–H groups in total. The Morgan fingerprint density at radius 1 is 1.09 bits per heavy atom. The summed E-state index contributed by atoms with van der Waals surface area (Å²) in [5.41, 5.74) is 1.02. The van der Waals surface area contributed by atoms with E-state index in [0.29, 0.717) is 21.3 Å². The van der Waals surface area contributed by atoms with Gasteiger partial charge in [-0.15, -0.1) is 0 Å². The van der Waals surface area contributed by atoms with Crippen molar-refractivity contribution >= 4 is 40.5 Å². The first-order chi connectivity index (χ1) is 10.5. The average molecular weight is 333 g/mol. The molecule has 110 valence electrons. The number of carbonyl (C=O) groups is 1. The molecule has 22 heavy (non-hydrogen) atoms. The van der Waals surface area contributed by atoms with Crippen LogP contribution < -0.4 is 10.2 Å². The van der Waals surface area contributed by atoms with Gasteiger partial charge in [0.2, 0.25) is 0 Å². The standard InChI is InChI=1S/C16H10Cl2N2O2/c17-10-5-3-4-9(14(10)18)16-8-13(21)15(22)20(16)12-7-2-1-6-11(12)19-16/h1-8,19,21H/t16-/m0/s1. The molecular formula is C16H10Cl2N2O2. The van der Waals surface area contributed by atoms with E-state index in [2.05, 4.69) is 5.32 Å². The topological polar surface area (TPSA) is 52.6 Å². The van der Waals surface area contributed by atoms with Gasteiger partial charge >= 0.3 is 0 Å². The van der Waals surface area contributed by atoms with Gasteiger partial charge in [0.15, 0.2) is 11.4 Å². The quantitative estimate of drug-likeness (QED) is 0.827. The molecule has 0 aromatic heterocycles. The number of halogens is 2. The Morgan fingerprint density at radius 3 is 2.68 bits per heavy atom. The largest absolute Gasteiger partial charge is 0.503 e. The molecule has 0 radical (unpaired) electrons. The maximum Gasteiger partial charge on any atom is 0.295 e. The van der Waals surface area contributed by atoms with Crippen LogP contribution in [0.1, 0.15) is 5.56 Å². The number of benzene rings is 2. The maximum atomic E-state index is 12.4. The van der Waals surface area contributed by atoms with Gasteiger partial charge < -0.3 is 10.4 Å². The smallest absolute Gasteiger partial charge is 0.295 e. The molecule has 2 aliphatic heterocycles. The van der Waals surface area contributed by atoms with E-state index in [0.717, 1.165) is 5.69 Å². The van der Waals surface area contributed by atoms with E-state index in [1.807, 2.05) is 24.3 Å². The minimum Gasteiger partial charge on any atom is -0.503 e. The van der Waals surface area contributed by atoms with E-state index >= 15 is 0 Å². The van der Waals surface area contributed by atoms with E-state index in [4.69, 9.17) is 23.2 Å². The number of aliphatic hydroxyl groups is 1. The van der Waals surface area contributed by atoms with Gasteiger partial charge in [-0.05, 0) is 18.2 Å². The van der Waals surface area contributed by atoms with Crippen LogP contribution in [0.5, 0.6) is 0 Å². The third kappa shape index (κ3) is 1.56. The van der Waals surface area contributed by atoms with Crippen LogP contribution in [0.3, 0.4) is 0 Å². The van der Waals surface area contributed by atoms with Crippen molar-refractivity contribution in [1.29, 1.82) is 0 Å². The van der Waals surface area contributed by atoms with Gasteiger partial charge in [-0.2, -0.15) is 0 Å². The number of nitrogens with zero attached hydrogens (tertiary/aromatic N) is 1. The normalized spacial score (nSPS) is 22.2. The molecule has 0 bridgehead atoms. The number of para-hydroxylation sites is 2. The Morgan fingerprint density at radius 2 is 1.86 bits per heavy atom. The van der Waals surface area contributed by atoms with E-state index in [1.54, 1.807) is 18.2 Å². The molecule has 0 saturated heterocycles. The highest BCUT2D eigenvalue weighted by Crippen LogP contribution is 2.51. The fourth-order valence-electron chi connectivity index (χ4n) is 3.03. The minimum absolute atomic E-state index is 0.321. The lowest BCUT2D eigenvalue weighted by Gasteiger charge is -2.32. The Hall–Kier alpha value is -2.17. The highest BCUT2D eigenvalue weighted by molar-refractivity contribution is 6.42. The molecule has 6 heteroatoms. The molecule has 0 fully saturated rings. The van der Waals surface area contributed by atoms with Crippen LogP contribution in [-0.4, -0.2) is 11.0 Å². The van der Waals surface area contributed by atoms with Crippen molar-refractivity contribution in [2.45, 2.75) is 5.66 Å². The SMILES string of the molecule is O=C1C(O)=C[C@]2(c3cccc(Cl)c3Cl)Nc3ccccc3N12. The molecule has 1 atom stereocenters. The number of aliphatic hydroxyl groups excluding tert-OH is 1. The van der Waals surface area contributed by atoms with Crippen LogP contribution in [0, 0.1) is 0 Å². The lowest BCUT2D eigenvalue weighted by Crippen LogP contribution is -2.45. The average Bonchev–Trinajstić information content (AvgIpc) is 2.95. The molecule has 4 rings (SSSR count). The van der Waals surface area contributed by atoms with E-state index in [1.165, 1.54) is 11.0 Å². The van der Waals surface area contributed by atoms with Crippen molar-refractivity contribution in [1.82, 2.24) is 0 Å². The predicted molar refractivity (Wildman–Crippen MR) is 86.4 cm³/mol. The zero-order valence-electron chi connectivity index (χ0n) is 11.2. The number of fused-ring (bicyclic) bond motifs is 3. The minimum atomic E-state index is -1.06. The van der Waals surface area contributed by atoms with Crippen LogP contribution in [0.4, 0.5) is 11.4 Å². The van der Waals surface area contributed by atoms with Crippen molar-refractivity contribution in [3.8, 4) is 0 Å². The molecule has 0 saturated carbocycles. The Bertz CT molecular complexity index is 850. The van der Waals surface area contributed by atoms with Gasteiger partial charge in [0.05, 0.1) is 21.4 Å². The molecule has 2 aromatic rings. The molecule has 0 unspecified atom stereocenters. The van der Waals surface area contributed by atoms with Crippen molar-refractivity contribution in [2.24, 2.45) is 0 Å². The third-order valence-electron chi connectivity index (χ3n) is 3.95. The second kappa shape index (κ2) is 4.41. The summed E-state index contributed by atoms with van der Waals surface area (Å²) < 4.78 is 0. The van der Waals surface area contributed by atoms with Gasteiger partial charge in [-0.1, -0.05) is 47.5 Å². The number of rotatable bonds is 1. The van der Waals surface area contributed by atoms with Crippen LogP contribution in [-0.2, 0) is 10.5 Å². The Kier molecular flexibility index (Phi) is 2.71. The van der Waals surface area contributed by atoms with Crippen LogP contribution >= 0.6 is 23.2 Å². The molecule has 4 nitrogen and oxygen atoms in total. The monoisotopic (exact) mass is 332 g/mol. The van der Waals surface area contributed by atoms with Gasteiger partial charge in [-0.25, -0.2) is 0 Å². The van der Waals surface area contributed by atoms with Gasteiger partial charge in [0.25, 0.3) is 5.91 Å². The highest BCUT2D eigenvalue weighted by Gasteiger charge is 2.53. The number of hydrogen-bond acceptors (Lipinski definition) is 3. The zero-order chi connectivity index (χ0) is 15.5. The van der Waals surface area contributed by atoms with E-state index in [9.17, 15) is 9.90 Å². The summed E-state index contributed by atoms with van der Waals surface area (Å²) in [7, 11) is 0. The van der Waals surface area contributed by atoms with Crippen molar-refractivity contribution < 1.29 is 9.90 Å². The number of nitrogens with one attached hydrogen (secondary N) is 1. The fraction of sp³-hybridized carbons (Fsp3) is 0.0625. The lowest BCUT2D eigenvalue weighted by atomic mass is 10.00. The number of amides is 1.